The summed E-state index contributed by atoms with van der Waals surface area (Å²) >= 11 is 6.20. The van der Waals surface area contributed by atoms with E-state index in [4.69, 9.17) is 16.3 Å². The Balaban J connectivity index is 2.23. The predicted molar refractivity (Wildman–Crippen MR) is 73.2 cm³/mol. The molecular weight excluding hydrogens is 250 g/mol. The molecule has 0 bridgehead atoms. The molecule has 4 heteroatoms. The fourth-order valence-corrected chi connectivity index (χ4v) is 2.79. The molecule has 0 amide bonds. The average Bonchev–Trinajstić information content (AvgIpc) is 2.66. The highest BCUT2D eigenvalue weighted by Gasteiger charge is 2.26. The van der Waals surface area contributed by atoms with Gasteiger partial charge in [0, 0.05) is 11.6 Å². The van der Waals surface area contributed by atoms with Crippen LogP contribution < -0.4 is 10.1 Å². The topological polar surface area (TPSA) is 41.5 Å². The number of ether oxygens (including phenoxy) is 1. The molecule has 0 aliphatic carbocycles. The SMILES string of the molecule is COc1cccc(Cl)c1C(O)C1CCCCCN1. The van der Waals surface area contributed by atoms with Gasteiger partial charge in [-0.05, 0) is 31.5 Å². The highest BCUT2D eigenvalue weighted by atomic mass is 35.5. The lowest BCUT2D eigenvalue weighted by atomic mass is 9.97. The molecule has 2 N–H and O–H groups in total. The zero-order valence-electron chi connectivity index (χ0n) is 10.7. The van der Waals surface area contributed by atoms with Crippen molar-refractivity contribution in [3.05, 3.63) is 28.8 Å². The molecule has 2 atom stereocenters. The summed E-state index contributed by atoms with van der Waals surface area (Å²) in [5, 5.41) is 14.5. The molecule has 100 valence electrons. The van der Waals surface area contributed by atoms with Crippen LogP contribution in [0.5, 0.6) is 5.75 Å². The van der Waals surface area contributed by atoms with Gasteiger partial charge in [0.25, 0.3) is 0 Å². The van der Waals surface area contributed by atoms with Crippen LogP contribution in [0.3, 0.4) is 0 Å². The van der Waals surface area contributed by atoms with Crippen LogP contribution in [0.2, 0.25) is 5.02 Å². The molecule has 0 saturated carbocycles. The predicted octanol–water partition coefficient (Wildman–Crippen LogP) is 2.91. The van der Waals surface area contributed by atoms with Gasteiger partial charge in [0.2, 0.25) is 0 Å². The molecule has 1 heterocycles. The molecule has 3 nitrogen and oxygen atoms in total. The van der Waals surface area contributed by atoms with Crippen molar-refractivity contribution in [1.29, 1.82) is 0 Å². The Hall–Kier alpha value is -0.770. The van der Waals surface area contributed by atoms with Gasteiger partial charge < -0.3 is 15.2 Å². The second-order valence-electron chi connectivity index (χ2n) is 4.71. The van der Waals surface area contributed by atoms with Gasteiger partial charge in [-0.15, -0.1) is 0 Å². The lowest BCUT2D eigenvalue weighted by Gasteiger charge is -2.25. The molecule has 0 radical (unpaired) electrons. The Bertz CT molecular complexity index is 389. The largest absolute Gasteiger partial charge is 0.496 e. The number of hydrogen-bond acceptors (Lipinski definition) is 3. The molecule has 1 aromatic rings. The van der Waals surface area contributed by atoms with Crippen molar-refractivity contribution < 1.29 is 9.84 Å². The van der Waals surface area contributed by atoms with E-state index in [0.717, 1.165) is 19.4 Å². The van der Waals surface area contributed by atoms with Crippen molar-refractivity contribution in [2.75, 3.05) is 13.7 Å². The molecule has 2 unspecified atom stereocenters. The molecular formula is C14H20ClNO2. The smallest absolute Gasteiger partial charge is 0.126 e. The van der Waals surface area contributed by atoms with E-state index in [1.54, 1.807) is 13.2 Å². The maximum absolute atomic E-state index is 10.5. The minimum Gasteiger partial charge on any atom is -0.496 e. The van der Waals surface area contributed by atoms with Crippen LogP contribution in [0.25, 0.3) is 0 Å². The van der Waals surface area contributed by atoms with Gasteiger partial charge in [-0.3, -0.25) is 0 Å². The summed E-state index contributed by atoms with van der Waals surface area (Å²) in [4.78, 5) is 0. The molecule has 1 fully saturated rings. The Labute approximate surface area is 113 Å². The van der Waals surface area contributed by atoms with Crippen LogP contribution in [0.15, 0.2) is 18.2 Å². The second kappa shape index (κ2) is 6.41. The number of rotatable bonds is 3. The highest BCUT2D eigenvalue weighted by Crippen LogP contribution is 2.35. The van der Waals surface area contributed by atoms with Crippen molar-refractivity contribution >= 4 is 11.6 Å². The third-order valence-electron chi connectivity index (χ3n) is 3.51. The van der Waals surface area contributed by atoms with Gasteiger partial charge in [-0.25, -0.2) is 0 Å². The second-order valence-corrected chi connectivity index (χ2v) is 5.12. The van der Waals surface area contributed by atoms with Crippen LogP contribution in [0.4, 0.5) is 0 Å². The normalized spacial score (nSPS) is 22.3. The number of aliphatic hydroxyl groups is 1. The molecule has 18 heavy (non-hydrogen) atoms. The molecule has 0 spiro atoms. The lowest BCUT2D eigenvalue weighted by molar-refractivity contribution is 0.123. The van der Waals surface area contributed by atoms with E-state index in [0.29, 0.717) is 16.3 Å². The molecule has 1 aliphatic heterocycles. The third-order valence-corrected chi connectivity index (χ3v) is 3.84. The van der Waals surface area contributed by atoms with E-state index < -0.39 is 6.10 Å². The molecule has 1 aliphatic rings. The summed E-state index contributed by atoms with van der Waals surface area (Å²) in [5.41, 5.74) is 0.695. The van der Waals surface area contributed by atoms with E-state index in [1.807, 2.05) is 12.1 Å². The Kier molecular flexibility index (Phi) is 4.87. The average molecular weight is 270 g/mol. The van der Waals surface area contributed by atoms with Gasteiger partial charge in [-0.2, -0.15) is 0 Å². The van der Waals surface area contributed by atoms with Crippen molar-refractivity contribution in [2.45, 2.75) is 37.8 Å². The Morgan fingerprint density at radius 2 is 2.22 bits per heavy atom. The van der Waals surface area contributed by atoms with Crippen molar-refractivity contribution in [1.82, 2.24) is 5.32 Å². The minimum absolute atomic E-state index is 0.0568. The van der Waals surface area contributed by atoms with Gasteiger partial charge in [-0.1, -0.05) is 30.5 Å². The van der Waals surface area contributed by atoms with Crippen LogP contribution in [0.1, 0.15) is 37.4 Å². The maximum atomic E-state index is 10.5. The summed E-state index contributed by atoms with van der Waals surface area (Å²) in [5.74, 6) is 0.654. The molecule has 0 aromatic heterocycles. The first-order valence-corrected chi connectivity index (χ1v) is 6.85. The van der Waals surface area contributed by atoms with Gasteiger partial charge in [0.05, 0.1) is 18.2 Å². The Morgan fingerprint density at radius 3 is 3.00 bits per heavy atom. The number of halogens is 1. The van der Waals surface area contributed by atoms with Crippen LogP contribution in [0, 0.1) is 0 Å². The van der Waals surface area contributed by atoms with Crippen molar-refractivity contribution in [3.8, 4) is 5.75 Å². The molecule has 2 rings (SSSR count). The summed E-state index contributed by atoms with van der Waals surface area (Å²) in [6.07, 6.45) is 3.88. The van der Waals surface area contributed by atoms with E-state index in [9.17, 15) is 5.11 Å². The lowest BCUT2D eigenvalue weighted by Crippen LogP contribution is -2.34. The monoisotopic (exact) mass is 269 g/mol. The first kappa shape index (κ1) is 13.7. The van der Waals surface area contributed by atoms with E-state index in [2.05, 4.69) is 5.32 Å². The zero-order valence-corrected chi connectivity index (χ0v) is 11.4. The van der Waals surface area contributed by atoms with E-state index in [1.165, 1.54) is 12.8 Å². The van der Waals surface area contributed by atoms with Gasteiger partial charge >= 0.3 is 0 Å². The first-order chi connectivity index (χ1) is 8.74. The quantitative estimate of drug-likeness (QED) is 0.887. The summed E-state index contributed by atoms with van der Waals surface area (Å²) < 4.78 is 5.30. The molecule has 1 saturated heterocycles. The fourth-order valence-electron chi connectivity index (χ4n) is 2.51. The van der Waals surface area contributed by atoms with Crippen LogP contribution in [-0.4, -0.2) is 24.8 Å². The maximum Gasteiger partial charge on any atom is 0.126 e. The third kappa shape index (κ3) is 2.97. The summed E-state index contributed by atoms with van der Waals surface area (Å²) in [6, 6.07) is 5.51. The van der Waals surface area contributed by atoms with Gasteiger partial charge in [0.15, 0.2) is 0 Å². The van der Waals surface area contributed by atoms with Crippen molar-refractivity contribution in [3.63, 3.8) is 0 Å². The fraction of sp³-hybridized carbons (Fsp3) is 0.571. The number of benzene rings is 1. The van der Waals surface area contributed by atoms with Gasteiger partial charge in [0.1, 0.15) is 5.75 Å². The number of nitrogens with one attached hydrogen (secondary N) is 1. The standard InChI is InChI=1S/C14H20ClNO2/c1-18-12-8-5-6-10(15)13(12)14(17)11-7-3-2-4-9-16-11/h5-6,8,11,14,16-17H,2-4,7,9H2,1H3. The number of hydrogen-bond donors (Lipinski definition) is 2. The van der Waals surface area contributed by atoms with Crippen LogP contribution >= 0.6 is 11.6 Å². The van der Waals surface area contributed by atoms with Crippen LogP contribution in [-0.2, 0) is 0 Å². The summed E-state index contributed by atoms with van der Waals surface area (Å²) in [7, 11) is 1.60. The number of aliphatic hydroxyl groups excluding tert-OH is 1. The zero-order chi connectivity index (χ0) is 13.0. The van der Waals surface area contributed by atoms with E-state index >= 15 is 0 Å². The highest BCUT2D eigenvalue weighted by molar-refractivity contribution is 6.31. The van der Waals surface area contributed by atoms with Crippen molar-refractivity contribution in [2.24, 2.45) is 0 Å². The summed E-state index contributed by atoms with van der Waals surface area (Å²) in [6.45, 7) is 0.953. The van der Waals surface area contributed by atoms with E-state index in [-0.39, 0.29) is 6.04 Å². The number of methoxy groups -OCH3 is 1. The Morgan fingerprint density at radius 1 is 1.39 bits per heavy atom. The minimum atomic E-state index is -0.619. The molecule has 1 aromatic carbocycles. The first-order valence-electron chi connectivity index (χ1n) is 6.48.